The third kappa shape index (κ3) is 3.46. The summed E-state index contributed by atoms with van der Waals surface area (Å²) in [6, 6.07) is 3.44. The monoisotopic (exact) mass is 379 g/mol. The number of halogens is 4. The highest BCUT2D eigenvalue weighted by molar-refractivity contribution is 7.98. The highest BCUT2D eigenvalue weighted by Crippen LogP contribution is 2.32. The zero-order valence-electron chi connectivity index (χ0n) is 12.6. The van der Waals surface area contributed by atoms with E-state index in [0.29, 0.717) is 36.4 Å². The molecule has 0 spiro atoms. The molecule has 0 aliphatic rings. The summed E-state index contributed by atoms with van der Waals surface area (Å²) < 4.78 is 39.6. The van der Waals surface area contributed by atoms with Crippen molar-refractivity contribution in [2.45, 2.75) is 17.6 Å². The van der Waals surface area contributed by atoms with E-state index in [-0.39, 0.29) is 6.54 Å². The molecule has 24 heavy (non-hydrogen) atoms. The number of alkyl halides is 3. The van der Waals surface area contributed by atoms with Crippen LogP contribution in [0.25, 0.3) is 0 Å². The summed E-state index contributed by atoms with van der Waals surface area (Å²) >= 11 is 7.36. The SMILES string of the molecule is CSc1c(Cl)cc(N)cc1Cn1c(=O)cc(C(F)(F)F)n(C)c1=O. The van der Waals surface area contributed by atoms with Crippen molar-refractivity contribution in [1.29, 1.82) is 0 Å². The van der Waals surface area contributed by atoms with Gasteiger partial charge in [0.25, 0.3) is 5.56 Å². The van der Waals surface area contributed by atoms with Gasteiger partial charge >= 0.3 is 11.9 Å². The zero-order valence-corrected chi connectivity index (χ0v) is 14.2. The molecular weight excluding hydrogens is 367 g/mol. The van der Waals surface area contributed by atoms with Crippen molar-refractivity contribution in [3.8, 4) is 0 Å². The number of nitrogens with zero attached hydrogens (tertiary/aromatic N) is 2. The summed E-state index contributed by atoms with van der Waals surface area (Å²) in [5, 5.41) is 0.342. The predicted octanol–water partition coefficient (Wildman–Crippen LogP) is 2.57. The smallest absolute Gasteiger partial charge is 0.399 e. The van der Waals surface area contributed by atoms with Crippen molar-refractivity contribution in [1.82, 2.24) is 9.13 Å². The van der Waals surface area contributed by atoms with Crippen LogP contribution in [0.15, 0.2) is 32.7 Å². The molecule has 1 aromatic carbocycles. The van der Waals surface area contributed by atoms with Gasteiger partial charge in [0.05, 0.1) is 11.6 Å². The fourth-order valence-corrected chi connectivity index (χ4v) is 3.40. The molecule has 0 saturated carbocycles. The summed E-state index contributed by atoms with van der Waals surface area (Å²) in [5.74, 6) is 0. The molecule has 0 aliphatic carbocycles. The molecule has 0 aliphatic heterocycles. The molecule has 0 saturated heterocycles. The summed E-state index contributed by atoms with van der Waals surface area (Å²) in [6.45, 7) is -0.232. The Hall–Kier alpha value is -1.87. The fourth-order valence-electron chi connectivity index (χ4n) is 2.28. The lowest BCUT2D eigenvalue weighted by Crippen LogP contribution is -2.42. The largest absolute Gasteiger partial charge is 0.431 e. The van der Waals surface area contributed by atoms with Crippen LogP contribution in [0.5, 0.6) is 0 Å². The highest BCUT2D eigenvalue weighted by atomic mass is 35.5. The first-order valence-corrected chi connectivity index (χ1v) is 8.16. The topological polar surface area (TPSA) is 70.0 Å². The Morgan fingerprint density at radius 1 is 1.25 bits per heavy atom. The lowest BCUT2D eigenvalue weighted by atomic mass is 10.2. The van der Waals surface area contributed by atoms with Crippen LogP contribution >= 0.6 is 23.4 Å². The molecule has 0 fully saturated rings. The molecule has 10 heteroatoms. The third-order valence-corrected chi connectivity index (χ3v) is 4.67. The minimum atomic E-state index is -4.79. The molecule has 2 aromatic rings. The van der Waals surface area contributed by atoms with E-state index in [2.05, 4.69) is 0 Å². The van der Waals surface area contributed by atoms with Crippen molar-refractivity contribution in [3.05, 3.63) is 55.3 Å². The Morgan fingerprint density at radius 3 is 2.42 bits per heavy atom. The van der Waals surface area contributed by atoms with Gasteiger partial charge in [-0.1, -0.05) is 11.6 Å². The Morgan fingerprint density at radius 2 is 1.88 bits per heavy atom. The van der Waals surface area contributed by atoms with Gasteiger partial charge in [-0.15, -0.1) is 11.8 Å². The average molecular weight is 380 g/mol. The van der Waals surface area contributed by atoms with Crippen molar-refractivity contribution in [2.75, 3.05) is 12.0 Å². The van der Waals surface area contributed by atoms with Gasteiger partial charge in [-0.25, -0.2) is 4.79 Å². The summed E-state index contributed by atoms with van der Waals surface area (Å²) in [7, 11) is 0.961. The second-order valence-corrected chi connectivity index (χ2v) is 6.21. The lowest BCUT2D eigenvalue weighted by Gasteiger charge is -2.15. The quantitative estimate of drug-likeness (QED) is 0.657. The van der Waals surface area contributed by atoms with Crippen LogP contribution in [-0.4, -0.2) is 15.4 Å². The van der Waals surface area contributed by atoms with Crippen molar-refractivity contribution >= 4 is 29.1 Å². The number of benzene rings is 1. The number of aromatic nitrogens is 2. The first-order chi connectivity index (χ1) is 11.1. The van der Waals surface area contributed by atoms with Crippen LogP contribution in [0.4, 0.5) is 18.9 Å². The molecule has 0 bridgehead atoms. The number of thioether (sulfide) groups is 1. The molecule has 2 rings (SSSR count). The maximum Gasteiger partial charge on any atom is 0.431 e. The van der Waals surface area contributed by atoms with Crippen LogP contribution in [0.1, 0.15) is 11.3 Å². The molecule has 1 heterocycles. The summed E-state index contributed by atoms with van der Waals surface area (Å²) in [4.78, 5) is 24.8. The van der Waals surface area contributed by atoms with Gasteiger partial charge in [-0.2, -0.15) is 13.2 Å². The summed E-state index contributed by atoms with van der Waals surface area (Å²) in [5.41, 5.74) is 3.10. The first-order valence-electron chi connectivity index (χ1n) is 6.56. The molecule has 0 unspecified atom stereocenters. The van der Waals surface area contributed by atoms with Crippen molar-refractivity contribution < 1.29 is 13.2 Å². The van der Waals surface area contributed by atoms with E-state index in [1.165, 1.54) is 23.9 Å². The lowest BCUT2D eigenvalue weighted by molar-refractivity contribution is -0.144. The molecule has 0 radical (unpaired) electrons. The van der Waals surface area contributed by atoms with Gasteiger partial charge in [0, 0.05) is 23.7 Å². The standard InChI is InChI=1S/C14H13ClF3N3O2S/c1-20-10(14(16,17)18)5-11(22)21(13(20)23)6-7-3-8(19)4-9(15)12(7)24-2/h3-5H,6,19H2,1-2H3. The second kappa shape index (κ2) is 6.56. The maximum atomic E-state index is 12.8. The van der Waals surface area contributed by atoms with E-state index < -0.39 is 23.1 Å². The van der Waals surface area contributed by atoms with Gasteiger partial charge in [0.1, 0.15) is 5.69 Å². The van der Waals surface area contributed by atoms with Crippen LogP contribution in [0.2, 0.25) is 5.02 Å². The zero-order chi connectivity index (χ0) is 18.2. The highest BCUT2D eigenvalue weighted by Gasteiger charge is 2.35. The van der Waals surface area contributed by atoms with E-state index in [1.807, 2.05) is 0 Å². The molecule has 5 nitrogen and oxygen atoms in total. The van der Waals surface area contributed by atoms with Gasteiger partial charge in [0.2, 0.25) is 0 Å². The normalized spacial score (nSPS) is 11.8. The minimum absolute atomic E-state index is 0.232. The van der Waals surface area contributed by atoms with E-state index in [4.69, 9.17) is 17.3 Å². The maximum absolute atomic E-state index is 12.8. The number of rotatable bonds is 3. The van der Waals surface area contributed by atoms with Gasteiger partial charge in [-0.05, 0) is 24.0 Å². The minimum Gasteiger partial charge on any atom is -0.399 e. The van der Waals surface area contributed by atoms with Crippen LogP contribution < -0.4 is 17.0 Å². The number of nitrogen functional groups attached to an aromatic ring is 1. The number of anilines is 1. The average Bonchev–Trinajstić information content (AvgIpc) is 2.45. The Labute approximate surface area is 143 Å². The Kier molecular flexibility index (Phi) is 5.05. The van der Waals surface area contributed by atoms with E-state index in [9.17, 15) is 22.8 Å². The number of hydrogen-bond acceptors (Lipinski definition) is 4. The second-order valence-electron chi connectivity index (χ2n) is 4.99. The van der Waals surface area contributed by atoms with Crippen molar-refractivity contribution in [2.24, 2.45) is 7.05 Å². The molecule has 2 N–H and O–H groups in total. The fraction of sp³-hybridized carbons (Fsp3) is 0.286. The van der Waals surface area contributed by atoms with Crippen molar-refractivity contribution in [3.63, 3.8) is 0 Å². The number of hydrogen-bond donors (Lipinski definition) is 1. The molecule has 0 amide bonds. The van der Waals surface area contributed by atoms with Crippen LogP contribution in [-0.2, 0) is 19.8 Å². The molecular formula is C14H13ClF3N3O2S. The van der Waals surface area contributed by atoms with Gasteiger partial charge < -0.3 is 5.73 Å². The van der Waals surface area contributed by atoms with E-state index >= 15 is 0 Å². The third-order valence-electron chi connectivity index (χ3n) is 3.37. The summed E-state index contributed by atoms with van der Waals surface area (Å²) in [6.07, 6.45) is -3.05. The van der Waals surface area contributed by atoms with Crippen LogP contribution in [0, 0.1) is 0 Å². The predicted molar refractivity (Wildman–Crippen MR) is 87.7 cm³/mol. The molecule has 0 atom stereocenters. The van der Waals surface area contributed by atoms with Gasteiger partial charge in [-0.3, -0.25) is 13.9 Å². The van der Waals surface area contributed by atoms with Crippen LogP contribution in [0.3, 0.4) is 0 Å². The van der Waals surface area contributed by atoms with E-state index in [0.717, 1.165) is 7.05 Å². The number of nitrogens with two attached hydrogens (primary N) is 1. The Balaban J connectivity index is 2.63. The molecule has 130 valence electrons. The molecule has 1 aromatic heterocycles. The first kappa shape index (κ1) is 18.5. The Bertz CT molecular complexity index is 906. The van der Waals surface area contributed by atoms with E-state index in [1.54, 1.807) is 6.26 Å². The van der Waals surface area contributed by atoms with Gasteiger partial charge in [0.15, 0.2) is 0 Å².